The van der Waals surface area contributed by atoms with E-state index in [0.717, 1.165) is 6.54 Å². The summed E-state index contributed by atoms with van der Waals surface area (Å²) in [5.74, 6) is 0.939. The number of carbonyl (C=O) groups excluding carboxylic acids is 1. The van der Waals surface area contributed by atoms with Gasteiger partial charge in [0.25, 0.3) is 0 Å². The van der Waals surface area contributed by atoms with Crippen LogP contribution in [0.4, 0.5) is 0 Å². The maximum atomic E-state index is 11.4. The number of hydrogen-bond donors (Lipinski definition) is 2. The highest BCUT2D eigenvalue weighted by atomic mass is 16.1. The van der Waals surface area contributed by atoms with Crippen molar-refractivity contribution in [3.8, 4) is 0 Å². The smallest absolute Gasteiger partial charge is 0.235 e. The first-order valence-corrected chi connectivity index (χ1v) is 5.39. The molecule has 0 aromatic rings. The molecule has 0 aromatic carbocycles. The third-order valence-electron chi connectivity index (χ3n) is 4.72. The Bertz CT molecular complexity index is 285. The predicted octanol–water partition coefficient (Wildman–Crippen LogP) is 0.742. The molecular weight excluding hydrogens is 176 g/mol. The molecule has 0 radical (unpaired) electrons. The number of nitrogens with two attached hydrogens (primary N) is 1. The maximum Gasteiger partial charge on any atom is 0.235 e. The van der Waals surface area contributed by atoms with Crippen LogP contribution in [-0.2, 0) is 4.79 Å². The first kappa shape index (κ1) is 9.97. The Kier molecular flexibility index (Phi) is 1.79. The lowest BCUT2D eigenvalue weighted by atomic mass is 9.78. The molecule has 0 bridgehead atoms. The second-order valence-electron chi connectivity index (χ2n) is 5.61. The van der Waals surface area contributed by atoms with Crippen LogP contribution >= 0.6 is 0 Å². The molecule has 3 heteroatoms. The van der Waals surface area contributed by atoms with Gasteiger partial charge in [0.1, 0.15) is 0 Å². The van der Waals surface area contributed by atoms with Crippen LogP contribution in [0.2, 0.25) is 0 Å². The fourth-order valence-electron chi connectivity index (χ4n) is 4.16. The van der Waals surface area contributed by atoms with Gasteiger partial charge in [-0.3, -0.25) is 4.79 Å². The number of piperidine rings is 1. The molecular formula is C11H20N2O. The third kappa shape index (κ3) is 0.800. The lowest BCUT2D eigenvalue weighted by Gasteiger charge is -2.30. The van der Waals surface area contributed by atoms with Gasteiger partial charge in [0.2, 0.25) is 5.91 Å². The van der Waals surface area contributed by atoms with Gasteiger partial charge in [-0.25, -0.2) is 0 Å². The minimum atomic E-state index is -0.188. The van der Waals surface area contributed by atoms with E-state index >= 15 is 0 Å². The summed E-state index contributed by atoms with van der Waals surface area (Å²) in [4.78, 5) is 11.4. The topological polar surface area (TPSA) is 55.1 Å². The zero-order valence-corrected chi connectivity index (χ0v) is 9.42. The molecule has 3 atom stereocenters. The van der Waals surface area contributed by atoms with Crippen molar-refractivity contribution in [2.75, 3.05) is 6.54 Å². The molecule has 1 aliphatic carbocycles. The molecule has 14 heavy (non-hydrogen) atoms. The summed E-state index contributed by atoms with van der Waals surface area (Å²) >= 11 is 0. The summed E-state index contributed by atoms with van der Waals surface area (Å²) in [6.45, 7) is 9.86. The Morgan fingerprint density at radius 1 is 1.50 bits per heavy atom. The van der Waals surface area contributed by atoms with Gasteiger partial charge in [-0.1, -0.05) is 27.7 Å². The largest absolute Gasteiger partial charge is 0.368 e. The van der Waals surface area contributed by atoms with E-state index in [2.05, 4.69) is 33.0 Å². The van der Waals surface area contributed by atoms with Crippen molar-refractivity contribution in [2.45, 2.75) is 33.7 Å². The molecule has 1 saturated heterocycles. The first-order chi connectivity index (χ1) is 6.36. The van der Waals surface area contributed by atoms with Gasteiger partial charge < -0.3 is 11.1 Å². The average Bonchev–Trinajstić information content (AvgIpc) is 2.44. The summed E-state index contributed by atoms with van der Waals surface area (Å²) in [6.07, 6.45) is 0. The summed E-state index contributed by atoms with van der Waals surface area (Å²) < 4.78 is 0. The van der Waals surface area contributed by atoms with Crippen LogP contribution in [0, 0.1) is 22.7 Å². The lowest BCUT2D eigenvalue weighted by molar-refractivity contribution is -0.122. The van der Waals surface area contributed by atoms with Gasteiger partial charge in [-0.2, -0.15) is 0 Å². The molecule has 80 valence electrons. The number of primary amides is 1. The van der Waals surface area contributed by atoms with Gasteiger partial charge in [0.05, 0.1) is 6.04 Å². The standard InChI is InChI=1S/C11H20N2O/c1-6(2)11-7(10(11,3)4)5-13-8(11)9(12)14/h6-8,13H,5H2,1-4H3,(H2,12,14). The Hall–Kier alpha value is -0.570. The first-order valence-electron chi connectivity index (χ1n) is 5.39. The molecule has 1 aliphatic heterocycles. The highest BCUT2D eigenvalue weighted by Crippen LogP contribution is 2.75. The van der Waals surface area contributed by atoms with Crippen LogP contribution in [-0.4, -0.2) is 18.5 Å². The van der Waals surface area contributed by atoms with E-state index in [-0.39, 0.29) is 22.8 Å². The third-order valence-corrected chi connectivity index (χ3v) is 4.72. The Morgan fingerprint density at radius 2 is 2.07 bits per heavy atom. The number of amides is 1. The van der Waals surface area contributed by atoms with E-state index in [9.17, 15) is 4.79 Å². The fourth-order valence-corrected chi connectivity index (χ4v) is 4.16. The van der Waals surface area contributed by atoms with Crippen LogP contribution in [0.3, 0.4) is 0 Å². The number of rotatable bonds is 2. The number of carbonyl (C=O) groups is 1. The lowest BCUT2D eigenvalue weighted by Crippen LogP contribution is -2.48. The molecule has 3 nitrogen and oxygen atoms in total. The van der Waals surface area contributed by atoms with Gasteiger partial charge >= 0.3 is 0 Å². The Labute approximate surface area is 85.4 Å². The van der Waals surface area contributed by atoms with Gasteiger partial charge in [0.15, 0.2) is 0 Å². The molecule has 1 saturated carbocycles. The minimum absolute atomic E-state index is 0.110. The van der Waals surface area contributed by atoms with Gasteiger partial charge in [0, 0.05) is 5.41 Å². The molecule has 1 heterocycles. The van der Waals surface area contributed by atoms with E-state index in [1.54, 1.807) is 0 Å². The zero-order valence-electron chi connectivity index (χ0n) is 9.42. The van der Waals surface area contributed by atoms with E-state index in [0.29, 0.717) is 11.8 Å². The van der Waals surface area contributed by atoms with Crippen molar-refractivity contribution >= 4 is 5.91 Å². The number of fused-ring (bicyclic) bond motifs is 1. The summed E-state index contributed by atoms with van der Waals surface area (Å²) in [5, 5.41) is 3.26. The van der Waals surface area contributed by atoms with Crippen molar-refractivity contribution in [1.82, 2.24) is 5.32 Å². The van der Waals surface area contributed by atoms with Crippen molar-refractivity contribution in [3.05, 3.63) is 0 Å². The van der Waals surface area contributed by atoms with Crippen molar-refractivity contribution in [2.24, 2.45) is 28.4 Å². The van der Waals surface area contributed by atoms with Gasteiger partial charge in [-0.05, 0) is 23.8 Å². The van der Waals surface area contributed by atoms with E-state index in [4.69, 9.17) is 5.73 Å². The van der Waals surface area contributed by atoms with Crippen LogP contribution in [0.15, 0.2) is 0 Å². The van der Waals surface area contributed by atoms with Crippen molar-refractivity contribution in [3.63, 3.8) is 0 Å². The van der Waals surface area contributed by atoms with Crippen molar-refractivity contribution in [1.29, 1.82) is 0 Å². The quantitative estimate of drug-likeness (QED) is 0.684. The Balaban J connectivity index is 2.37. The molecule has 2 rings (SSSR count). The second kappa shape index (κ2) is 2.51. The fraction of sp³-hybridized carbons (Fsp3) is 0.909. The van der Waals surface area contributed by atoms with E-state index in [1.807, 2.05) is 0 Å². The molecule has 3 unspecified atom stereocenters. The number of nitrogens with one attached hydrogen (secondary N) is 1. The summed E-state index contributed by atoms with van der Waals surface area (Å²) in [7, 11) is 0. The molecule has 2 aliphatic rings. The van der Waals surface area contributed by atoms with Crippen LogP contribution in [0.5, 0.6) is 0 Å². The predicted molar refractivity (Wildman–Crippen MR) is 55.5 cm³/mol. The van der Waals surface area contributed by atoms with E-state index < -0.39 is 0 Å². The number of hydrogen-bond acceptors (Lipinski definition) is 2. The molecule has 0 aromatic heterocycles. The maximum absolute atomic E-state index is 11.4. The molecule has 2 fully saturated rings. The molecule has 1 amide bonds. The van der Waals surface area contributed by atoms with Crippen LogP contribution < -0.4 is 11.1 Å². The summed E-state index contributed by atoms with van der Waals surface area (Å²) in [5.41, 5.74) is 5.84. The zero-order chi connectivity index (χ0) is 10.7. The highest BCUT2D eigenvalue weighted by Gasteiger charge is 2.78. The van der Waals surface area contributed by atoms with Crippen LogP contribution in [0.25, 0.3) is 0 Å². The van der Waals surface area contributed by atoms with Gasteiger partial charge in [-0.15, -0.1) is 0 Å². The van der Waals surface area contributed by atoms with Crippen molar-refractivity contribution < 1.29 is 4.79 Å². The van der Waals surface area contributed by atoms with E-state index in [1.165, 1.54) is 0 Å². The molecule has 0 spiro atoms. The Morgan fingerprint density at radius 3 is 2.36 bits per heavy atom. The highest BCUT2D eigenvalue weighted by molar-refractivity contribution is 5.83. The average molecular weight is 196 g/mol. The SMILES string of the molecule is CC(C)C12C(C(N)=O)NCC1C2(C)C. The second-order valence-corrected chi connectivity index (χ2v) is 5.61. The van der Waals surface area contributed by atoms with Crippen LogP contribution in [0.1, 0.15) is 27.7 Å². The normalized spacial score (nSPS) is 43.8. The summed E-state index contributed by atoms with van der Waals surface area (Å²) in [6, 6.07) is -0.123. The molecule has 3 N–H and O–H groups in total. The monoisotopic (exact) mass is 196 g/mol. The minimum Gasteiger partial charge on any atom is -0.368 e.